The van der Waals surface area contributed by atoms with E-state index in [9.17, 15) is 9.59 Å². The molecule has 0 saturated carbocycles. The summed E-state index contributed by atoms with van der Waals surface area (Å²) in [7, 11) is 0. The summed E-state index contributed by atoms with van der Waals surface area (Å²) in [6, 6.07) is -1.56. The van der Waals surface area contributed by atoms with Crippen molar-refractivity contribution in [1.82, 2.24) is 5.32 Å². The van der Waals surface area contributed by atoms with Gasteiger partial charge in [0, 0.05) is 0 Å². The van der Waals surface area contributed by atoms with Crippen molar-refractivity contribution >= 4 is 36.7 Å². The van der Waals surface area contributed by atoms with Gasteiger partial charge in [0.15, 0.2) is 0 Å². The number of aliphatic carboxylic acids is 1. The highest BCUT2D eigenvalue weighted by atomic mass is 35.5. The first-order chi connectivity index (χ1) is 6.99. The van der Waals surface area contributed by atoms with Crippen molar-refractivity contribution < 1.29 is 14.7 Å². The van der Waals surface area contributed by atoms with Gasteiger partial charge in [0.2, 0.25) is 5.91 Å². The first-order valence-corrected chi connectivity index (χ1v) is 4.98. The second-order valence-electron chi connectivity index (χ2n) is 3.46. The number of amides is 1. The maximum absolute atomic E-state index is 11.3. The molecule has 0 unspecified atom stereocenters. The molecule has 0 aromatic heterocycles. The Morgan fingerprint density at radius 1 is 1.29 bits per heavy atom. The fourth-order valence-corrected chi connectivity index (χ4v) is 1.02. The highest BCUT2D eigenvalue weighted by Gasteiger charge is 2.18. The van der Waals surface area contributed by atoms with Crippen LogP contribution in [0.3, 0.4) is 0 Å². The number of unbranched alkanes of at least 4 members (excludes halogenated alkanes) is 1. The number of carboxylic acid groups (broad SMARTS) is 1. The Kier molecular flexibility index (Phi) is 15.2. The number of halogens is 2. The topological polar surface area (TPSA) is 118 Å². The molecule has 0 aromatic carbocycles. The summed E-state index contributed by atoms with van der Waals surface area (Å²) in [4.78, 5) is 21.8. The smallest absolute Gasteiger partial charge is 0.325 e. The van der Waals surface area contributed by atoms with Gasteiger partial charge in [0.25, 0.3) is 0 Å². The summed E-state index contributed by atoms with van der Waals surface area (Å²) < 4.78 is 0. The largest absolute Gasteiger partial charge is 0.480 e. The summed E-state index contributed by atoms with van der Waals surface area (Å²) in [5.74, 6) is -1.50. The second kappa shape index (κ2) is 11.9. The third-order valence-electron chi connectivity index (χ3n) is 2.04. The summed E-state index contributed by atoms with van der Waals surface area (Å²) >= 11 is 0. The number of carbonyl (C=O) groups excluding carboxylic acids is 1. The van der Waals surface area contributed by atoms with E-state index in [4.69, 9.17) is 16.6 Å². The van der Waals surface area contributed by atoms with E-state index in [2.05, 4.69) is 5.32 Å². The molecule has 2 atom stereocenters. The molecule has 1 amide bonds. The highest BCUT2D eigenvalue weighted by Crippen LogP contribution is 1.98. The number of nitrogens with two attached hydrogens (primary N) is 2. The lowest BCUT2D eigenvalue weighted by molar-refractivity contribution is -0.141. The van der Waals surface area contributed by atoms with Gasteiger partial charge in [-0.15, -0.1) is 24.8 Å². The zero-order valence-electron chi connectivity index (χ0n) is 9.72. The fraction of sp³-hybridized carbons (Fsp3) is 0.778. The molecule has 6 nitrogen and oxygen atoms in total. The lowest BCUT2D eigenvalue weighted by atomic mass is 10.1. The predicted octanol–water partition coefficient (Wildman–Crippen LogP) is -0.124. The maximum atomic E-state index is 11.3. The predicted molar refractivity (Wildman–Crippen MR) is 70.6 cm³/mol. The Bertz CT molecular complexity index is 230. The molecule has 0 heterocycles. The number of carbonyl (C=O) groups is 2. The van der Waals surface area contributed by atoms with Gasteiger partial charge in [-0.2, -0.15) is 0 Å². The van der Waals surface area contributed by atoms with Crippen LogP contribution in [0.2, 0.25) is 0 Å². The van der Waals surface area contributed by atoms with Crippen LogP contribution >= 0.6 is 24.8 Å². The van der Waals surface area contributed by atoms with Crippen LogP contribution in [0.15, 0.2) is 0 Å². The fourth-order valence-electron chi connectivity index (χ4n) is 1.02. The standard InChI is InChI=1S/C9H19N3O3.2ClH/c1-6(9(14)15)12-8(13)7(11)4-2-3-5-10;;/h6-7H,2-5,10-11H2,1H3,(H,12,13)(H,14,15);2*1H/t6-,7-;;/m0../s1. The minimum Gasteiger partial charge on any atom is -0.480 e. The molecule has 0 aliphatic rings. The van der Waals surface area contributed by atoms with Crippen molar-refractivity contribution in [3.8, 4) is 0 Å². The Balaban J connectivity index is -0.000000980. The molecular weight excluding hydrogens is 269 g/mol. The van der Waals surface area contributed by atoms with E-state index in [0.29, 0.717) is 13.0 Å². The van der Waals surface area contributed by atoms with E-state index in [0.717, 1.165) is 12.8 Å². The zero-order valence-corrected chi connectivity index (χ0v) is 11.4. The normalized spacial score (nSPS) is 12.6. The Labute approximate surface area is 113 Å². The van der Waals surface area contributed by atoms with Gasteiger partial charge in [-0.25, -0.2) is 0 Å². The highest BCUT2D eigenvalue weighted by molar-refractivity contribution is 5.86. The van der Waals surface area contributed by atoms with E-state index < -0.39 is 24.0 Å². The first-order valence-electron chi connectivity index (χ1n) is 4.98. The number of rotatable bonds is 7. The molecule has 0 bridgehead atoms. The van der Waals surface area contributed by atoms with Crippen LogP contribution in [0, 0.1) is 0 Å². The molecule has 0 saturated heterocycles. The maximum Gasteiger partial charge on any atom is 0.325 e. The van der Waals surface area contributed by atoms with Gasteiger partial charge < -0.3 is 21.9 Å². The molecule has 0 fully saturated rings. The summed E-state index contributed by atoms with van der Waals surface area (Å²) in [5, 5.41) is 10.9. The van der Waals surface area contributed by atoms with Crippen molar-refractivity contribution in [2.75, 3.05) is 6.54 Å². The van der Waals surface area contributed by atoms with Crippen LogP contribution in [-0.4, -0.2) is 35.6 Å². The summed E-state index contributed by atoms with van der Waals surface area (Å²) in [6.45, 7) is 1.96. The molecular formula is C9H21Cl2N3O3. The van der Waals surface area contributed by atoms with E-state index in [1.54, 1.807) is 0 Å². The molecule has 6 N–H and O–H groups in total. The first kappa shape index (κ1) is 21.7. The number of hydrogen-bond donors (Lipinski definition) is 4. The van der Waals surface area contributed by atoms with Gasteiger partial charge in [0.1, 0.15) is 6.04 Å². The van der Waals surface area contributed by atoms with Crippen LogP contribution in [-0.2, 0) is 9.59 Å². The average molecular weight is 290 g/mol. The van der Waals surface area contributed by atoms with Crippen LogP contribution in [0.25, 0.3) is 0 Å². The summed E-state index contributed by atoms with van der Waals surface area (Å²) in [5.41, 5.74) is 10.9. The number of carboxylic acids is 1. The van der Waals surface area contributed by atoms with Gasteiger partial charge in [0.05, 0.1) is 6.04 Å². The van der Waals surface area contributed by atoms with Crippen molar-refractivity contribution in [3.05, 3.63) is 0 Å². The number of nitrogens with one attached hydrogen (secondary N) is 1. The van der Waals surface area contributed by atoms with E-state index >= 15 is 0 Å². The van der Waals surface area contributed by atoms with Gasteiger partial charge >= 0.3 is 5.97 Å². The molecule has 0 radical (unpaired) electrons. The van der Waals surface area contributed by atoms with E-state index in [1.807, 2.05) is 0 Å². The number of hydrogen-bond acceptors (Lipinski definition) is 4. The van der Waals surface area contributed by atoms with Gasteiger partial charge in [-0.1, -0.05) is 6.42 Å². The minimum absolute atomic E-state index is 0. The van der Waals surface area contributed by atoms with Crippen molar-refractivity contribution in [2.24, 2.45) is 11.5 Å². The third-order valence-corrected chi connectivity index (χ3v) is 2.04. The van der Waals surface area contributed by atoms with Crippen molar-refractivity contribution in [2.45, 2.75) is 38.3 Å². The lowest BCUT2D eigenvalue weighted by Crippen LogP contribution is -2.47. The minimum atomic E-state index is -1.07. The van der Waals surface area contributed by atoms with Gasteiger partial charge in [-0.05, 0) is 26.3 Å². The quantitative estimate of drug-likeness (QED) is 0.487. The Morgan fingerprint density at radius 3 is 2.24 bits per heavy atom. The molecule has 0 aromatic rings. The van der Waals surface area contributed by atoms with Crippen LogP contribution < -0.4 is 16.8 Å². The van der Waals surface area contributed by atoms with Crippen molar-refractivity contribution in [3.63, 3.8) is 0 Å². The summed E-state index contributed by atoms with van der Waals surface area (Å²) in [6.07, 6.45) is 2.11. The third kappa shape index (κ3) is 10.3. The molecule has 0 aliphatic carbocycles. The second-order valence-corrected chi connectivity index (χ2v) is 3.46. The zero-order chi connectivity index (χ0) is 11.8. The molecule has 0 aliphatic heterocycles. The van der Waals surface area contributed by atoms with Crippen LogP contribution in [0.5, 0.6) is 0 Å². The Morgan fingerprint density at radius 2 is 1.82 bits per heavy atom. The van der Waals surface area contributed by atoms with Gasteiger partial charge in [-0.3, -0.25) is 9.59 Å². The molecule has 104 valence electrons. The molecule has 8 heteroatoms. The van der Waals surface area contributed by atoms with Crippen LogP contribution in [0.4, 0.5) is 0 Å². The SMILES string of the molecule is C[C@H](NC(=O)[C@@H](N)CCCCN)C(=O)O.Cl.Cl. The Hall–Kier alpha value is -0.560. The average Bonchev–Trinajstić information content (AvgIpc) is 2.17. The van der Waals surface area contributed by atoms with E-state index in [-0.39, 0.29) is 24.8 Å². The lowest BCUT2D eigenvalue weighted by Gasteiger charge is -2.14. The molecule has 17 heavy (non-hydrogen) atoms. The van der Waals surface area contributed by atoms with Crippen molar-refractivity contribution in [1.29, 1.82) is 0 Å². The van der Waals surface area contributed by atoms with E-state index in [1.165, 1.54) is 6.92 Å². The molecule has 0 spiro atoms. The monoisotopic (exact) mass is 289 g/mol. The van der Waals surface area contributed by atoms with Crippen LogP contribution in [0.1, 0.15) is 26.2 Å². The molecule has 0 rings (SSSR count).